The van der Waals surface area contributed by atoms with Gasteiger partial charge in [-0.25, -0.2) is 0 Å². The van der Waals surface area contributed by atoms with Gasteiger partial charge in [0.1, 0.15) is 37.3 Å². The zero-order valence-corrected chi connectivity index (χ0v) is 21.6. The molecule has 4 aliphatic heterocycles. The van der Waals surface area contributed by atoms with Gasteiger partial charge in [0.15, 0.2) is 0 Å². The Hall–Kier alpha value is -1.20. The molecule has 0 spiro atoms. The van der Waals surface area contributed by atoms with Crippen molar-refractivity contribution in [1.29, 1.82) is 0 Å². The molecule has 0 aromatic heterocycles. The summed E-state index contributed by atoms with van der Waals surface area (Å²) in [4.78, 5) is 4.68. The highest BCUT2D eigenvalue weighted by molar-refractivity contribution is 5.36. The molecular weight excluding hydrogens is 468 g/mol. The molecule has 0 saturated carbocycles. The van der Waals surface area contributed by atoms with Gasteiger partial charge >= 0.3 is 0 Å². The second-order valence-corrected chi connectivity index (χ2v) is 11.1. The summed E-state index contributed by atoms with van der Waals surface area (Å²) < 4.78 is 40.9. The fourth-order valence-electron chi connectivity index (χ4n) is 7.16. The van der Waals surface area contributed by atoms with Crippen LogP contribution in [0, 0.1) is 5.41 Å². The molecule has 3 N–H and O–H groups in total. The highest BCUT2D eigenvalue weighted by Crippen LogP contribution is 2.50. The summed E-state index contributed by atoms with van der Waals surface area (Å²) in [6.45, 7) is 8.50. The third-order valence-electron chi connectivity index (χ3n) is 9.10. The van der Waals surface area contributed by atoms with Gasteiger partial charge in [-0.1, -0.05) is 51.0 Å². The van der Waals surface area contributed by atoms with E-state index in [-0.39, 0.29) is 17.1 Å². The minimum absolute atomic E-state index is 0.000166. The lowest BCUT2D eigenvalue weighted by molar-refractivity contribution is -0.182. The van der Waals surface area contributed by atoms with Crippen molar-refractivity contribution in [2.75, 3.05) is 26.4 Å². The Morgan fingerprint density at radius 1 is 1.14 bits per heavy atom. The second-order valence-electron chi connectivity index (χ2n) is 11.1. The number of nitrogens with one attached hydrogen (secondary N) is 1. The molecule has 3 saturated heterocycles. The molecule has 3 unspecified atom stereocenters. The summed E-state index contributed by atoms with van der Waals surface area (Å²) in [5, 5.41) is 25.9. The number of hydrogen-bond donors (Lipinski definition) is 3. The second kappa shape index (κ2) is 10.2. The van der Waals surface area contributed by atoms with Crippen molar-refractivity contribution in [3.8, 4) is 0 Å². The lowest BCUT2D eigenvalue weighted by atomic mass is 9.72. The van der Waals surface area contributed by atoms with Gasteiger partial charge < -0.3 is 19.7 Å². The Kier molecular flexibility index (Phi) is 7.46. The van der Waals surface area contributed by atoms with E-state index in [9.17, 15) is 19.0 Å². The highest BCUT2D eigenvalue weighted by atomic mass is 19.3. The molecule has 1 aromatic rings. The van der Waals surface area contributed by atoms with Crippen LogP contribution in [0.3, 0.4) is 0 Å². The smallest absolute Gasteiger partial charge is 0.296 e. The van der Waals surface area contributed by atoms with E-state index in [1.165, 1.54) is 6.07 Å². The van der Waals surface area contributed by atoms with Gasteiger partial charge in [-0.15, -0.1) is 0 Å². The molecule has 8 atom stereocenters. The van der Waals surface area contributed by atoms with E-state index in [4.69, 9.17) is 9.47 Å². The quantitative estimate of drug-likeness (QED) is 0.521. The maximum atomic E-state index is 14.5. The van der Waals surface area contributed by atoms with E-state index < -0.39 is 43.2 Å². The van der Waals surface area contributed by atoms with E-state index >= 15 is 0 Å². The van der Waals surface area contributed by atoms with Crippen LogP contribution in [0.2, 0.25) is 0 Å². The van der Waals surface area contributed by atoms with Crippen LogP contribution < -0.4 is 5.32 Å². The summed E-state index contributed by atoms with van der Waals surface area (Å²) in [6, 6.07) is 6.63. The van der Waals surface area contributed by atoms with Gasteiger partial charge in [-0.05, 0) is 38.3 Å². The van der Waals surface area contributed by atoms with Crippen LogP contribution in [-0.4, -0.2) is 83.1 Å². The summed E-state index contributed by atoms with van der Waals surface area (Å²) in [5.74, 6) is -3.10. The Morgan fingerprint density at radius 2 is 1.92 bits per heavy atom. The first-order chi connectivity index (χ1) is 17.2. The lowest BCUT2D eigenvalue weighted by Crippen LogP contribution is -2.67. The molecule has 0 amide bonds. The van der Waals surface area contributed by atoms with Crippen LogP contribution >= 0.6 is 0 Å². The van der Waals surface area contributed by atoms with Crippen molar-refractivity contribution in [3.05, 3.63) is 35.4 Å². The Morgan fingerprint density at radius 3 is 2.67 bits per heavy atom. The molecule has 3 fully saturated rings. The zero-order chi connectivity index (χ0) is 25.7. The van der Waals surface area contributed by atoms with Crippen molar-refractivity contribution in [3.63, 3.8) is 0 Å². The number of nitrogens with zero attached hydrogens (tertiary/aromatic N) is 2. The number of aliphatic hydroxyl groups excluding tert-OH is 2. The van der Waals surface area contributed by atoms with Gasteiger partial charge in [-0.3, -0.25) is 15.1 Å². The molecule has 7 nitrogen and oxygen atoms in total. The molecule has 0 aliphatic carbocycles. The summed E-state index contributed by atoms with van der Waals surface area (Å²) >= 11 is 0. The van der Waals surface area contributed by atoms with Crippen molar-refractivity contribution in [2.24, 2.45) is 5.41 Å². The summed E-state index contributed by atoms with van der Waals surface area (Å²) in [5.41, 5.74) is 0.208. The number of alkyl halides is 2. The van der Waals surface area contributed by atoms with E-state index in [1.807, 2.05) is 0 Å². The topological polar surface area (TPSA) is 77.4 Å². The van der Waals surface area contributed by atoms with Crippen LogP contribution in [0.1, 0.15) is 70.1 Å². The highest BCUT2D eigenvalue weighted by Gasteiger charge is 2.60. The van der Waals surface area contributed by atoms with Gasteiger partial charge in [0.2, 0.25) is 0 Å². The fraction of sp³-hybridized carbons (Fsp3) is 0.778. The third-order valence-corrected chi connectivity index (χ3v) is 9.10. The average Bonchev–Trinajstić information content (AvgIpc) is 3.37. The van der Waals surface area contributed by atoms with Crippen LogP contribution in [-0.2, 0) is 15.4 Å². The number of hydrogen-bond acceptors (Lipinski definition) is 7. The normalized spacial score (nSPS) is 40.8. The Labute approximate surface area is 212 Å². The third kappa shape index (κ3) is 4.21. The van der Waals surface area contributed by atoms with Gasteiger partial charge in [0.25, 0.3) is 5.92 Å². The fourth-order valence-corrected chi connectivity index (χ4v) is 7.16. The van der Waals surface area contributed by atoms with E-state index in [1.54, 1.807) is 18.2 Å². The molecule has 0 bridgehead atoms. The van der Waals surface area contributed by atoms with Crippen molar-refractivity contribution in [1.82, 2.24) is 15.1 Å². The summed E-state index contributed by atoms with van der Waals surface area (Å²) in [7, 11) is 0. The first kappa shape index (κ1) is 26.4. The number of ether oxygens (including phenoxy) is 2. The number of unbranched alkanes of at least 4 members (excludes halogenated alkanes) is 1. The minimum atomic E-state index is -3.10. The van der Waals surface area contributed by atoms with E-state index in [0.717, 1.165) is 51.9 Å². The monoisotopic (exact) mass is 509 g/mol. The number of likely N-dealkylation sites (tertiary alicyclic amines) is 1. The van der Waals surface area contributed by atoms with Crippen LogP contribution in [0.15, 0.2) is 24.3 Å². The number of rotatable bonds is 7. The Balaban J connectivity index is 1.38. The standard InChI is InChI=1S/C27H41F2N3O4/c1-4-6-13-31-16-30-25-26(11-5-2,17(31)3)12-14-32(25)24-21(34)20(33)23(36-24)22-18-9-7-8-10-19(18)27(28,29)15-35-22/h7-10,17,20-25,30,33-34H,4-6,11-16H2,1-3H3/t17?,20-,21+,22+,23-,24+,25?,26?/m0/s1. The zero-order valence-electron chi connectivity index (χ0n) is 21.6. The predicted molar refractivity (Wildman–Crippen MR) is 131 cm³/mol. The van der Waals surface area contributed by atoms with E-state index in [2.05, 4.69) is 35.9 Å². The molecule has 202 valence electrons. The maximum Gasteiger partial charge on any atom is 0.296 e. The molecular formula is C27H41F2N3O4. The average molecular weight is 510 g/mol. The van der Waals surface area contributed by atoms with Gasteiger partial charge in [0, 0.05) is 30.2 Å². The van der Waals surface area contributed by atoms with Crippen molar-refractivity contribution in [2.45, 2.75) is 102 Å². The van der Waals surface area contributed by atoms with Crippen molar-refractivity contribution >= 4 is 0 Å². The molecule has 36 heavy (non-hydrogen) atoms. The lowest BCUT2D eigenvalue weighted by Gasteiger charge is -2.53. The summed E-state index contributed by atoms with van der Waals surface area (Å²) in [6.07, 6.45) is 0.406. The molecule has 4 aliphatic rings. The SMILES string of the molecule is CCCCN1CNC2N([C@@H]3O[C@H]([C@@H]4OCC(F)(F)c5ccccc54)[C@@H](O)[C@H]3O)CCC2(CCC)C1C. The molecule has 0 radical (unpaired) electrons. The largest absolute Gasteiger partial charge is 0.387 e. The molecule has 1 aromatic carbocycles. The number of benzene rings is 1. The van der Waals surface area contributed by atoms with Gasteiger partial charge in [0.05, 0.1) is 6.17 Å². The molecule has 5 rings (SSSR count). The maximum absolute atomic E-state index is 14.5. The van der Waals surface area contributed by atoms with Crippen molar-refractivity contribution < 1.29 is 28.5 Å². The molecule has 9 heteroatoms. The first-order valence-corrected chi connectivity index (χ1v) is 13.6. The number of aliphatic hydroxyl groups is 2. The molecule has 4 heterocycles. The van der Waals surface area contributed by atoms with Crippen LogP contribution in [0.4, 0.5) is 8.78 Å². The number of halogens is 2. The Bertz CT molecular complexity index is 923. The van der Waals surface area contributed by atoms with Crippen LogP contribution in [0.5, 0.6) is 0 Å². The predicted octanol–water partition coefficient (Wildman–Crippen LogP) is 3.17. The first-order valence-electron chi connectivity index (χ1n) is 13.6. The van der Waals surface area contributed by atoms with Crippen LogP contribution in [0.25, 0.3) is 0 Å². The minimum Gasteiger partial charge on any atom is -0.387 e. The van der Waals surface area contributed by atoms with E-state index in [0.29, 0.717) is 11.6 Å². The van der Waals surface area contributed by atoms with Gasteiger partial charge in [-0.2, -0.15) is 8.78 Å². The number of fused-ring (bicyclic) bond motifs is 2.